The van der Waals surface area contributed by atoms with Crippen molar-refractivity contribution in [3.8, 4) is 11.1 Å². The molecule has 5 rings (SSSR count). The summed E-state index contributed by atoms with van der Waals surface area (Å²) in [6.07, 6.45) is 0. The van der Waals surface area contributed by atoms with E-state index in [4.69, 9.17) is 28.9 Å². The summed E-state index contributed by atoms with van der Waals surface area (Å²) in [5.41, 5.74) is 9.81. The largest absolute Gasteiger partial charge is 0.366 e. The van der Waals surface area contributed by atoms with Crippen molar-refractivity contribution < 1.29 is 13.6 Å². The van der Waals surface area contributed by atoms with Gasteiger partial charge < -0.3 is 10.3 Å². The third kappa shape index (κ3) is 3.73. The minimum Gasteiger partial charge on any atom is -0.366 e. The first-order valence-electron chi connectivity index (χ1n) is 10.1. The van der Waals surface area contributed by atoms with Crippen LogP contribution < -0.4 is 5.73 Å². The standard InChI is InChI=1S/C26H16Cl2F2N2O/c27-16-6-8-17(20(28)12-16)15-5-7-18-24(11-15)32(13-14-4-9-21(29)22(30)10-14)23-3-1-2-19(25(18)23)26(31)33/h1-12H,13H2,(H2,31,33). The van der Waals surface area contributed by atoms with Crippen molar-refractivity contribution >= 4 is 50.9 Å². The Morgan fingerprint density at radius 3 is 2.42 bits per heavy atom. The highest BCUT2D eigenvalue weighted by molar-refractivity contribution is 6.36. The number of nitrogens with two attached hydrogens (primary N) is 1. The highest BCUT2D eigenvalue weighted by Crippen LogP contribution is 2.37. The van der Waals surface area contributed by atoms with Crippen LogP contribution in [-0.2, 0) is 6.54 Å². The Morgan fingerprint density at radius 1 is 0.879 bits per heavy atom. The van der Waals surface area contributed by atoms with Crippen LogP contribution in [-0.4, -0.2) is 10.5 Å². The summed E-state index contributed by atoms with van der Waals surface area (Å²) in [4.78, 5) is 12.2. The van der Waals surface area contributed by atoms with Gasteiger partial charge in [-0.3, -0.25) is 4.79 Å². The zero-order chi connectivity index (χ0) is 23.3. The van der Waals surface area contributed by atoms with Gasteiger partial charge >= 0.3 is 0 Å². The Kier molecular flexibility index (Phi) is 5.31. The molecule has 5 aromatic rings. The van der Waals surface area contributed by atoms with Crippen molar-refractivity contribution in [3.05, 3.63) is 106 Å². The zero-order valence-corrected chi connectivity index (χ0v) is 18.6. The third-order valence-electron chi connectivity index (χ3n) is 5.72. The summed E-state index contributed by atoms with van der Waals surface area (Å²) in [6, 6.07) is 20.2. The molecule has 2 N–H and O–H groups in total. The number of rotatable bonds is 4. The third-order valence-corrected chi connectivity index (χ3v) is 6.27. The van der Waals surface area contributed by atoms with Gasteiger partial charge in [0.05, 0.1) is 11.0 Å². The molecule has 7 heteroatoms. The summed E-state index contributed by atoms with van der Waals surface area (Å²) in [5.74, 6) is -2.37. The quantitative estimate of drug-likeness (QED) is 0.290. The lowest BCUT2D eigenvalue weighted by Gasteiger charge is -2.10. The SMILES string of the molecule is NC(=O)c1cccc2c1c1ccc(-c3ccc(Cl)cc3Cl)cc1n2Cc1ccc(F)c(F)c1. The van der Waals surface area contributed by atoms with Crippen molar-refractivity contribution in [2.75, 3.05) is 0 Å². The molecule has 0 fully saturated rings. The van der Waals surface area contributed by atoms with E-state index in [9.17, 15) is 13.6 Å². The van der Waals surface area contributed by atoms with E-state index >= 15 is 0 Å². The molecule has 0 unspecified atom stereocenters. The van der Waals surface area contributed by atoms with Gasteiger partial charge in [-0.25, -0.2) is 8.78 Å². The highest BCUT2D eigenvalue weighted by Gasteiger charge is 2.18. The number of primary amides is 1. The molecule has 4 aromatic carbocycles. The van der Waals surface area contributed by atoms with E-state index in [1.54, 1.807) is 24.3 Å². The van der Waals surface area contributed by atoms with Crippen LogP contribution in [0.15, 0.2) is 72.8 Å². The van der Waals surface area contributed by atoms with Crippen LogP contribution >= 0.6 is 23.2 Å². The van der Waals surface area contributed by atoms with Gasteiger partial charge in [-0.05, 0) is 53.6 Å². The lowest BCUT2D eigenvalue weighted by atomic mass is 10.0. The predicted molar refractivity (Wildman–Crippen MR) is 129 cm³/mol. The van der Waals surface area contributed by atoms with Gasteiger partial charge in [0.15, 0.2) is 11.6 Å². The van der Waals surface area contributed by atoms with Crippen LogP contribution in [0, 0.1) is 11.6 Å². The molecule has 3 nitrogen and oxygen atoms in total. The Balaban J connectivity index is 1.80. The maximum Gasteiger partial charge on any atom is 0.249 e. The lowest BCUT2D eigenvalue weighted by molar-refractivity contribution is 0.100. The van der Waals surface area contributed by atoms with Crippen LogP contribution in [0.25, 0.3) is 32.9 Å². The fourth-order valence-corrected chi connectivity index (χ4v) is 4.75. The molecule has 1 amide bonds. The molecular weight excluding hydrogens is 465 g/mol. The maximum atomic E-state index is 13.9. The second kappa shape index (κ2) is 8.18. The molecular formula is C26H16Cl2F2N2O. The smallest absolute Gasteiger partial charge is 0.249 e. The van der Waals surface area contributed by atoms with E-state index in [1.165, 1.54) is 12.1 Å². The Bertz CT molecular complexity index is 1580. The minimum atomic E-state index is -0.917. The molecule has 164 valence electrons. The van der Waals surface area contributed by atoms with Gasteiger partial charge in [0, 0.05) is 38.5 Å². The normalized spacial score (nSPS) is 11.4. The van der Waals surface area contributed by atoms with Crippen LogP contribution in [0.3, 0.4) is 0 Å². The average Bonchev–Trinajstić information content (AvgIpc) is 3.09. The van der Waals surface area contributed by atoms with E-state index in [-0.39, 0.29) is 6.54 Å². The number of hydrogen-bond acceptors (Lipinski definition) is 1. The zero-order valence-electron chi connectivity index (χ0n) is 17.1. The minimum absolute atomic E-state index is 0.261. The van der Waals surface area contributed by atoms with Crippen molar-refractivity contribution in [2.24, 2.45) is 5.73 Å². The number of hydrogen-bond donors (Lipinski definition) is 1. The topological polar surface area (TPSA) is 48.0 Å². The number of halogens is 4. The van der Waals surface area contributed by atoms with Crippen LogP contribution in [0.5, 0.6) is 0 Å². The molecule has 1 aromatic heterocycles. The number of benzene rings is 4. The highest BCUT2D eigenvalue weighted by atomic mass is 35.5. The number of carbonyl (C=O) groups excluding carboxylic acids is 1. The molecule has 1 heterocycles. The van der Waals surface area contributed by atoms with Crippen molar-refractivity contribution in [1.29, 1.82) is 0 Å². The van der Waals surface area contributed by atoms with E-state index in [0.29, 0.717) is 26.6 Å². The Morgan fingerprint density at radius 2 is 1.70 bits per heavy atom. The summed E-state index contributed by atoms with van der Waals surface area (Å²) < 4.78 is 29.3. The molecule has 0 bridgehead atoms. The molecule has 0 radical (unpaired) electrons. The van der Waals surface area contributed by atoms with Crippen LogP contribution in [0.1, 0.15) is 15.9 Å². The summed E-state index contributed by atoms with van der Waals surface area (Å²) in [7, 11) is 0. The Hall–Kier alpha value is -3.41. The van der Waals surface area contributed by atoms with Crippen molar-refractivity contribution in [3.63, 3.8) is 0 Å². The summed E-state index contributed by atoms with van der Waals surface area (Å²) >= 11 is 12.5. The van der Waals surface area contributed by atoms with Crippen LogP contribution in [0.2, 0.25) is 10.0 Å². The van der Waals surface area contributed by atoms with Gasteiger partial charge in [-0.1, -0.05) is 53.5 Å². The van der Waals surface area contributed by atoms with Gasteiger partial charge in [0.1, 0.15) is 0 Å². The van der Waals surface area contributed by atoms with Gasteiger partial charge in [-0.2, -0.15) is 0 Å². The molecule has 0 atom stereocenters. The number of nitrogens with zero attached hydrogens (tertiary/aromatic N) is 1. The predicted octanol–water partition coefficient (Wildman–Crippen LogP) is 7.19. The van der Waals surface area contributed by atoms with Crippen molar-refractivity contribution in [1.82, 2.24) is 4.57 Å². The average molecular weight is 481 g/mol. The summed E-state index contributed by atoms with van der Waals surface area (Å²) in [6.45, 7) is 0.261. The first-order chi connectivity index (χ1) is 15.8. The first-order valence-corrected chi connectivity index (χ1v) is 10.8. The maximum absolute atomic E-state index is 13.9. The molecule has 0 aliphatic rings. The fourth-order valence-electron chi connectivity index (χ4n) is 4.23. The Labute approximate surface area is 197 Å². The van der Waals surface area contributed by atoms with E-state index in [0.717, 1.165) is 33.6 Å². The molecule has 0 saturated carbocycles. The molecule has 0 aliphatic heterocycles. The van der Waals surface area contributed by atoms with Crippen molar-refractivity contribution in [2.45, 2.75) is 6.54 Å². The lowest BCUT2D eigenvalue weighted by Crippen LogP contribution is -2.11. The van der Waals surface area contributed by atoms with E-state index < -0.39 is 17.5 Å². The molecule has 0 aliphatic carbocycles. The first kappa shape index (κ1) is 21.4. The van der Waals surface area contributed by atoms with E-state index in [2.05, 4.69) is 0 Å². The number of amides is 1. The number of aromatic nitrogens is 1. The molecule has 33 heavy (non-hydrogen) atoms. The second-order valence-electron chi connectivity index (χ2n) is 7.75. The number of carbonyl (C=O) groups is 1. The van der Waals surface area contributed by atoms with Crippen LogP contribution in [0.4, 0.5) is 8.78 Å². The van der Waals surface area contributed by atoms with Gasteiger partial charge in [0.2, 0.25) is 5.91 Å². The van der Waals surface area contributed by atoms with E-state index in [1.807, 2.05) is 34.9 Å². The molecule has 0 spiro atoms. The van der Waals surface area contributed by atoms with Gasteiger partial charge in [0.25, 0.3) is 0 Å². The number of fused-ring (bicyclic) bond motifs is 3. The summed E-state index contributed by atoms with van der Waals surface area (Å²) in [5, 5.41) is 2.55. The van der Waals surface area contributed by atoms with Gasteiger partial charge in [-0.15, -0.1) is 0 Å². The molecule has 0 saturated heterocycles. The monoisotopic (exact) mass is 480 g/mol. The second-order valence-corrected chi connectivity index (χ2v) is 8.60. The fraction of sp³-hybridized carbons (Fsp3) is 0.0385.